The van der Waals surface area contributed by atoms with Gasteiger partial charge in [0.1, 0.15) is 0 Å². The van der Waals surface area contributed by atoms with E-state index in [1.54, 1.807) is 0 Å². The highest BCUT2D eigenvalue weighted by atomic mass is 16.4. The van der Waals surface area contributed by atoms with E-state index < -0.39 is 11.9 Å². The van der Waals surface area contributed by atoms with Crippen LogP contribution in [0.3, 0.4) is 0 Å². The standard InChI is InChI=1S/C28H46O4/c1-3-5-7-9-11-12-13-14-16-18-20-24-23(19-17-15-10-8-6-4-2)21-22-25(27(29)30)26(24)28(31)32/h21-22H,3-20H2,1-2H3,(H,29,30)(H,31,32). The van der Waals surface area contributed by atoms with Gasteiger partial charge in [-0.25, -0.2) is 9.59 Å². The molecule has 0 radical (unpaired) electrons. The third-order valence-electron chi connectivity index (χ3n) is 6.43. The van der Waals surface area contributed by atoms with Crippen molar-refractivity contribution in [2.24, 2.45) is 0 Å². The average molecular weight is 447 g/mol. The van der Waals surface area contributed by atoms with E-state index in [9.17, 15) is 19.8 Å². The summed E-state index contributed by atoms with van der Waals surface area (Å²) in [4.78, 5) is 23.6. The molecule has 1 aromatic carbocycles. The first kappa shape index (κ1) is 28.2. The number of carboxylic acids is 2. The minimum Gasteiger partial charge on any atom is -0.478 e. The van der Waals surface area contributed by atoms with Gasteiger partial charge in [0.2, 0.25) is 0 Å². The van der Waals surface area contributed by atoms with Crippen molar-refractivity contribution < 1.29 is 19.8 Å². The Morgan fingerprint density at radius 2 is 1.03 bits per heavy atom. The van der Waals surface area contributed by atoms with Crippen LogP contribution >= 0.6 is 0 Å². The van der Waals surface area contributed by atoms with Crippen LogP contribution in [0.4, 0.5) is 0 Å². The number of rotatable bonds is 20. The van der Waals surface area contributed by atoms with Gasteiger partial charge in [0, 0.05) is 0 Å². The lowest BCUT2D eigenvalue weighted by atomic mass is 9.89. The van der Waals surface area contributed by atoms with Crippen molar-refractivity contribution in [3.05, 3.63) is 34.4 Å². The number of hydrogen-bond acceptors (Lipinski definition) is 2. The average Bonchev–Trinajstić information content (AvgIpc) is 2.77. The second-order valence-electron chi connectivity index (χ2n) is 9.19. The van der Waals surface area contributed by atoms with Crippen LogP contribution < -0.4 is 0 Å². The second-order valence-corrected chi connectivity index (χ2v) is 9.19. The van der Waals surface area contributed by atoms with Crippen LogP contribution in [0, 0.1) is 0 Å². The Labute approximate surface area is 195 Å². The van der Waals surface area contributed by atoms with Crippen molar-refractivity contribution in [3.8, 4) is 0 Å². The van der Waals surface area contributed by atoms with Crippen LogP contribution in [0.25, 0.3) is 0 Å². The number of benzene rings is 1. The summed E-state index contributed by atoms with van der Waals surface area (Å²) >= 11 is 0. The lowest BCUT2D eigenvalue weighted by Crippen LogP contribution is -2.14. The maximum Gasteiger partial charge on any atom is 0.336 e. The van der Waals surface area contributed by atoms with Gasteiger partial charge < -0.3 is 10.2 Å². The molecule has 182 valence electrons. The summed E-state index contributed by atoms with van der Waals surface area (Å²) in [5, 5.41) is 19.3. The summed E-state index contributed by atoms with van der Waals surface area (Å²) in [6.45, 7) is 4.44. The molecule has 0 amide bonds. The van der Waals surface area contributed by atoms with Gasteiger partial charge in [-0.3, -0.25) is 0 Å². The van der Waals surface area contributed by atoms with Gasteiger partial charge >= 0.3 is 11.9 Å². The lowest BCUT2D eigenvalue weighted by molar-refractivity contribution is 0.0650. The molecule has 0 aromatic heterocycles. The van der Waals surface area contributed by atoms with E-state index in [2.05, 4.69) is 13.8 Å². The first-order valence-corrected chi connectivity index (χ1v) is 13.1. The van der Waals surface area contributed by atoms with Crippen LogP contribution in [0.2, 0.25) is 0 Å². The molecule has 1 rings (SSSR count). The Kier molecular flexibility index (Phi) is 15.6. The first-order valence-electron chi connectivity index (χ1n) is 13.1. The molecule has 0 saturated heterocycles. The fraction of sp³-hybridized carbons (Fsp3) is 0.714. The van der Waals surface area contributed by atoms with Gasteiger partial charge in [0.05, 0.1) is 11.1 Å². The summed E-state index contributed by atoms with van der Waals surface area (Å²) < 4.78 is 0. The van der Waals surface area contributed by atoms with E-state index in [0.717, 1.165) is 43.2 Å². The quantitative estimate of drug-likeness (QED) is 0.197. The molecule has 4 nitrogen and oxygen atoms in total. The largest absolute Gasteiger partial charge is 0.478 e. The van der Waals surface area contributed by atoms with Crippen molar-refractivity contribution in [1.82, 2.24) is 0 Å². The molecule has 0 aliphatic carbocycles. The molecule has 1 aromatic rings. The summed E-state index contributed by atoms with van der Waals surface area (Å²) in [6.07, 6.45) is 20.9. The molecule has 4 heteroatoms. The van der Waals surface area contributed by atoms with E-state index in [4.69, 9.17) is 0 Å². The molecule has 0 unspecified atom stereocenters. The summed E-state index contributed by atoms with van der Waals surface area (Å²) in [7, 11) is 0. The van der Waals surface area contributed by atoms with Crippen molar-refractivity contribution in [3.63, 3.8) is 0 Å². The summed E-state index contributed by atoms with van der Waals surface area (Å²) in [5.41, 5.74) is 1.72. The van der Waals surface area contributed by atoms with Crippen LogP contribution in [-0.2, 0) is 12.8 Å². The Morgan fingerprint density at radius 1 is 0.594 bits per heavy atom. The topological polar surface area (TPSA) is 74.6 Å². The second kappa shape index (κ2) is 17.7. The van der Waals surface area contributed by atoms with Crippen LogP contribution in [0.5, 0.6) is 0 Å². The van der Waals surface area contributed by atoms with Gasteiger partial charge in [0.25, 0.3) is 0 Å². The van der Waals surface area contributed by atoms with Crippen molar-refractivity contribution in [2.75, 3.05) is 0 Å². The molecule has 0 bridgehead atoms. The number of aryl methyl sites for hydroxylation is 1. The van der Waals surface area contributed by atoms with Crippen LogP contribution in [0.1, 0.15) is 148 Å². The molecule has 0 aliphatic heterocycles. The maximum atomic E-state index is 12.0. The molecule has 0 fully saturated rings. The maximum absolute atomic E-state index is 12.0. The highest BCUT2D eigenvalue weighted by Crippen LogP contribution is 2.25. The van der Waals surface area contributed by atoms with E-state index in [1.807, 2.05) is 6.07 Å². The smallest absolute Gasteiger partial charge is 0.336 e. The zero-order chi connectivity index (χ0) is 23.6. The minimum absolute atomic E-state index is 0.0110. The van der Waals surface area contributed by atoms with E-state index in [0.29, 0.717) is 6.42 Å². The SMILES string of the molecule is CCCCCCCCCCCCc1c(CCCCCCCC)ccc(C(=O)O)c1C(=O)O. The molecule has 0 aliphatic rings. The third-order valence-corrected chi connectivity index (χ3v) is 6.43. The zero-order valence-electron chi connectivity index (χ0n) is 20.6. The van der Waals surface area contributed by atoms with Gasteiger partial charge in [0.15, 0.2) is 0 Å². The van der Waals surface area contributed by atoms with Crippen molar-refractivity contribution in [1.29, 1.82) is 0 Å². The number of carbonyl (C=O) groups is 2. The van der Waals surface area contributed by atoms with Gasteiger partial charge in [-0.1, -0.05) is 110 Å². The lowest BCUT2D eigenvalue weighted by Gasteiger charge is -2.15. The molecule has 0 atom stereocenters. The highest BCUT2D eigenvalue weighted by molar-refractivity contribution is 6.03. The predicted octanol–water partition coefficient (Wildman–Crippen LogP) is 8.45. The Morgan fingerprint density at radius 3 is 1.47 bits per heavy atom. The fourth-order valence-corrected chi connectivity index (χ4v) is 4.52. The molecule has 2 N–H and O–H groups in total. The number of aromatic carboxylic acids is 2. The normalized spacial score (nSPS) is 11.1. The summed E-state index contributed by atoms with van der Waals surface area (Å²) in [6, 6.07) is 3.34. The molecule has 0 heterocycles. The van der Waals surface area contributed by atoms with E-state index in [-0.39, 0.29) is 11.1 Å². The van der Waals surface area contributed by atoms with E-state index in [1.165, 1.54) is 83.1 Å². The highest BCUT2D eigenvalue weighted by Gasteiger charge is 2.22. The summed E-state index contributed by atoms with van der Waals surface area (Å²) in [5.74, 6) is -2.27. The van der Waals surface area contributed by atoms with Crippen molar-refractivity contribution in [2.45, 2.75) is 129 Å². The minimum atomic E-state index is -1.15. The molecule has 0 saturated carbocycles. The Bertz CT molecular complexity index is 666. The van der Waals surface area contributed by atoms with Crippen LogP contribution in [0.15, 0.2) is 12.1 Å². The first-order chi connectivity index (χ1) is 15.5. The number of hydrogen-bond donors (Lipinski definition) is 2. The van der Waals surface area contributed by atoms with Gasteiger partial charge in [-0.15, -0.1) is 0 Å². The van der Waals surface area contributed by atoms with Gasteiger partial charge in [-0.2, -0.15) is 0 Å². The fourth-order valence-electron chi connectivity index (χ4n) is 4.52. The number of unbranched alkanes of at least 4 members (excludes halogenated alkanes) is 14. The molecular formula is C28H46O4. The third kappa shape index (κ3) is 11.2. The zero-order valence-corrected chi connectivity index (χ0v) is 20.6. The predicted molar refractivity (Wildman–Crippen MR) is 133 cm³/mol. The Hall–Kier alpha value is -1.84. The molecule has 32 heavy (non-hydrogen) atoms. The van der Waals surface area contributed by atoms with Crippen molar-refractivity contribution >= 4 is 11.9 Å². The Balaban J connectivity index is 2.64. The molecule has 0 spiro atoms. The van der Waals surface area contributed by atoms with Gasteiger partial charge in [-0.05, 0) is 42.9 Å². The monoisotopic (exact) mass is 446 g/mol. The number of carboxylic acid groups (broad SMARTS) is 2. The van der Waals surface area contributed by atoms with E-state index >= 15 is 0 Å². The van der Waals surface area contributed by atoms with Crippen LogP contribution in [-0.4, -0.2) is 22.2 Å². The molecular weight excluding hydrogens is 400 g/mol.